The van der Waals surface area contributed by atoms with Gasteiger partial charge in [0.05, 0.1) is 5.60 Å². The van der Waals surface area contributed by atoms with Gasteiger partial charge in [-0.15, -0.1) is 0 Å². The lowest BCUT2D eigenvalue weighted by Gasteiger charge is -2.28. The molecule has 0 unspecified atom stereocenters. The molecule has 92 valence electrons. The van der Waals surface area contributed by atoms with E-state index in [4.69, 9.17) is 0 Å². The molecule has 0 saturated heterocycles. The fraction of sp³-hybridized carbons (Fsp3) is 0.538. The molecule has 0 spiro atoms. The Morgan fingerprint density at radius 1 is 1.47 bits per heavy atom. The maximum atomic E-state index is 12.0. The van der Waals surface area contributed by atoms with Crippen molar-refractivity contribution in [2.75, 3.05) is 13.6 Å². The summed E-state index contributed by atoms with van der Waals surface area (Å²) in [7, 11) is 1.72. The number of aromatic nitrogens is 1. The van der Waals surface area contributed by atoms with E-state index < -0.39 is 5.60 Å². The fourth-order valence-corrected chi connectivity index (χ4v) is 2.39. The average Bonchev–Trinajstić information content (AvgIpc) is 2.76. The van der Waals surface area contributed by atoms with Crippen molar-refractivity contribution in [3.63, 3.8) is 0 Å². The van der Waals surface area contributed by atoms with Crippen LogP contribution in [0.25, 0.3) is 0 Å². The summed E-state index contributed by atoms with van der Waals surface area (Å²) in [5.74, 6) is -0.133. The largest absolute Gasteiger partial charge is 0.388 e. The number of pyridine rings is 1. The number of aliphatic hydroxyl groups is 1. The second kappa shape index (κ2) is 4.84. The molecule has 1 aliphatic rings. The molecule has 0 bridgehead atoms. The van der Waals surface area contributed by atoms with Crippen molar-refractivity contribution < 1.29 is 9.90 Å². The predicted molar refractivity (Wildman–Crippen MR) is 64.6 cm³/mol. The first-order valence-corrected chi connectivity index (χ1v) is 6.00. The molecule has 4 nitrogen and oxygen atoms in total. The summed E-state index contributed by atoms with van der Waals surface area (Å²) in [5.41, 5.74) is -0.268. The molecule has 1 heterocycles. The number of likely N-dealkylation sites (N-methyl/N-ethyl adjacent to an activating group) is 1. The van der Waals surface area contributed by atoms with Crippen molar-refractivity contribution in [3.05, 3.63) is 30.1 Å². The van der Waals surface area contributed by atoms with E-state index in [9.17, 15) is 9.90 Å². The molecular weight excluding hydrogens is 216 g/mol. The van der Waals surface area contributed by atoms with Crippen molar-refractivity contribution in [1.82, 2.24) is 9.88 Å². The van der Waals surface area contributed by atoms with Gasteiger partial charge in [0.2, 0.25) is 0 Å². The molecule has 1 fully saturated rings. The summed E-state index contributed by atoms with van der Waals surface area (Å²) < 4.78 is 0. The van der Waals surface area contributed by atoms with E-state index >= 15 is 0 Å². The highest BCUT2D eigenvalue weighted by molar-refractivity contribution is 5.92. The first kappa shape index (κ1) is 12.0. The van der Waals surface area contributed by atoms with Gasteiger partial charge in [0.1, 0.15) is 5.69 Å². The van der Waals surface area contributed by atoms with Crippen LogP contribution < -0.4 is 0 Å². The summed E-state index contributed by atoms with van der Waals surface area (Å²) in [4.78, 5) is 17.6. The number of hydrogen-bond donors (Lipinski definition) is 1. The van der Waals surface area contributed by atoms with Crippen LogP contribution in [0, 0.1) is 0 Å². The summed E-state index contributed by atoms with van der Waals surface area (Å²) in [6.45, 7) is 0.391. The van der Waals surface area contributed by atoms with Crippen molar-refractivity contribution in [1.29, 1.82) is 0 Å². The molecule has 0 aromatic carbocycles. The minimum absolute atomic E-state index is 0.133. The maximum Gasteiger partial charge on any atom is 0.272 e. The molecule has 1 saturated carbocycles. The van der Waals surface area contributed by atoms with Gasteiger partial charge in [-0.1, -0.05) is 18.9 Å². The van der Waals surface area contributed by atoms with Gasteiger partial charge in [0.25, 0.3) is 5.91 Å². The smallest absolute Gasteiger partial charge is 0.272 e. The van der Waals surface area contributed by atoms with Crippen LogP contribution in [-0.4, -0.2) is 40.1 Å². The third-order valence-corrected chi connectivity index (χ3v) is 3.30. The minimum atomic E-state index is -0.695. The molecule has 2 rings (SSSR count). The molecule has 1 aromatic rings. The minimum Gasteiger partial charge on any atom is -0.388 e. The average molecular weight is 234 g/mol. The van der Waals surface area contributed by atoms with Crippen molar-refractivity contribution in [2.45, 2.75) is 31.3 Å². The molecule has 1 amide bonds. The standard InChI is InChI=1S/C13H18N2O2/c1-15(10-13(17)7-3-4-8-13)12(16)11-6-2-5-9-14-11/h2,5-6,9,17H,3-4,7-8,10H2,1H3. The van der Waals surface area contributed by atoms with Crippen LogP contribution >= 0.6 is 0 Å². The Labute approximate surface area is 101 Å². The van der Waals surface area contributed by atoms with Crippen LogP contribution in [0.3, 0.4) is 0 Å². The molecular formula is C13H18N2O2. The van der Waals surface area contributed by atoms with E-state index in [2.05, 4.69) is 4.98 Å². The highest BCUT2D eigenvalue weighted by Crippen LogP contribution is 2.30. The van der Waals surface area contributed by atoms with Crippen LogP contribution in [0.2, 0.25) is 0 Å². The van der Waals surface area contributed by atoms with Gasteiger partial charge in [-0.3, -0.25) is 9.78 Å². The van der Waals surface area contributed by atoms with E-state index in [-0.39, 0.29) is 5.91 Å². The van der Waals surface area contributed by atoms with Crippen LogP contribution in [0.15, 0.2) is 24.4 Å². The van der Waals surface area contributed by atoms with E-state index in [1.54, 1.807) is 36.3 Å². The van der Waals surface area contributed by atoms with Crippen LogP contribution in [0.1, 0.15) is 36.2 Å². The van der Waals surface area contributed by atoms with Gasteiger partial charge in [-0.25, -0.2) is 0 Å². The molecule has 0 atom stereocenters. The van der Waals surface area contributed by atoms with E-state index in [1.165, 1.54) is 0 Å². The Morgan fingerprint density at radius 3 is 2.76 bits per heavy atom. The highest BCUT2D eigenvalue weighted by Gasteiger charge is 2.33. The maximum absolute atomic E-state index is 12.0. The Hall–Kier alpha value is -1.42. The number of rotatable bonds is 3. The van der Waals surface area contributed by atoms with Gasteiger partial charge in [-0.2, -0.15) is 0 Å². The zero-order valence-corrected chi connectivity index (χ0v) is 10.1. The van der Waals surface area contributed by atoms with Gasteiger partial charge in [0, 0.05) is 19.8 Å². The Kier molecular flexibility index (Phi) is 3.43. The van der Waals surface area contributed by atoms with Crippen molar-refractivity contribution >= 4 is 5.91 Å². The lowest BCUT2D eigenvalue weighted by atomic mass is 10.0. The van der Waals surface area contributed by atoms with Crippen molar-refractivity contribution in [3.8, 4) is 0 Å². The summed E-state index contributed by atoms with van der Waals surface area (Å²) in [6.07, 6.45) is 5.26. The first-order valence-electron chi connectivity index (χ1n) is 6.00. The molecule has 1 N–H and O–H groups in total. The number of nitrogens with zero attached hydrogens (tertiary/aromatic N) is 2. The third kappa shape index (κ3) is 2.82. The number of carbonyl (C=O) groups excluding carboxylic acids is 1. The Morgan fingerprint density at radius 2 is 2.18 bits per heavy atom. The molecule has 1 aromatic heterocycles. The summed E-state index contributed by atoms with van der Waals surface area (Å²) in [5, 5.41) is 10.2. The van der Waals surface area contributed by atoms with Gasteiger partial charge < -0.3 is 10.0 Å². The van der Waals surface area contributed by atoms with E-state index in [0.29, 0.717) is 12.2 Å². The second-order valence-electron chi connectivity index (χ2n) is 4.81. The quantitative estimate of drug-likeness (QED) is 0.861. The Balaban J connectivity index is 2.00. The molecule has 17 heavy (non-hydrogen) atoms. The number of hydrogen-bond acceptors (Lipinski definition) is 3. The third-order valence-electron chi connectivity index (χ3n) is 3.30. The monoisotopic (exact) mass is 234 g/mol. The summed E-state index contributed by atoms with van der Waals surface area (Å²) >= 11 is 0. The van der Waals surface area contributed by atoms with Crippen LogP contribution in [0.4, 0.5) is 0 Å². The lowest BCUT2D eigenvalue weighted by molar-refractivity contribution is 0.0155. The molecule has 0 aliphatic heterocycles. The second-order valence-corrected chi connectivity index (χ2v) is 4.81. The SMILES string of the molecule is CN(CC1(O)CCCC1)C(=O)c1ccccn1. The Bertz CT molecular complexity index is 386. The molecule has 0 radical (unpaired) electrons. The fourth-order valence-electron chi connectivity index (χ4n) is 2.39. The normalized spacial score (nSPS) is 18.0. The van der Waals surface area contributed by atoms with Gasteiger partial charge in [0.15, 0.2) is 0 Å². The first-order chi connectivity index (χ1) is 8.11. The number of carbonyl (C=O) groups is 1. The highest BCUT2D eigenvalue weighted by atomic mass is 16.3. The lowest BCUT2D eigenvalue weighted by Crippen LogP contribution is -2.42. The van der Waals surface area contributed by atoms with E-state index in [1.807, 2.05) is 0 Å². The van der Waals surface area contributed by atoms with Gasteiger partial charge >= 0.3 is 0 Å². The van der Waals surface area contributed by atoms with Crippen LogP contribution in [0.5, 0.6) is 0 Å². The van der Waals surface area contributed by atoms with E-state index in [0.717, 1.165) is 25.7 Å². The van der Waals surface area contributed by atoms with Crippen LogP contribution in [-0.2, 0) is 0 Å². The van der Waals surface area contributed by atoms with Gasteiger partial charge in [-0.05, 0) is 25.0 Å². The zero-order chi connectivity index (χ0) is 12.3. The molecule has 1 aliphatic carbocycles. The summed E-state index contributed by atoms with van der Waals surface area (Å²) in [6, 6.07) is 5.26. The zero-order valence-electron chi connectivity index (χ0n) is 10.1. The van der Waals surface area contributed by atoms with Crippen molar-refractivity contribution in [2.24, 2.45) is 0 Å². The predicted octanol–water partition coefficient (Wildman–Crippen LogP) is 1.46. The molecule has 4 heteroatoms. The topological polar surface area (TPSA) is 53.4 Å². The number of amides is 1.